The van der Waals surface area contributed by atoms with Gasteiger partial charge < -0.3 is 0 Å². The highest BCUT2D eigenvalue weighted by Crippen LogP contribution is 2.32. The Labute approximate surface area is 161 Å². The van der Waals surface area contributed by atoms with Crippen molar-refractivity contribution in [2.75, 3.05) is 4.72 Å². The predicted molar refractivity (Wildman–Crippen MR) is 105 cm³/mol. The summed E-state index contributed by atoms with van der Waals surface area (Å²) in [5.41, 5.74) is 1.82. The molecule has 0 spiro atoms. The van der Waals surface area contributed by atoms with Crippen LogP contribution in [0.2, 0.25) is 5.02 Å². The summed E-state index contributed by atoms with van der Waals surface area (Å²) in [4.78, 5) is 0.915. The van der Waals surface area contributed by atoms with E-state index in [2.05, 4.69) is 10.8 Å². The summed E-state index contributed by atoms with van der Waals surface area (Å²) in [5.74, 6) is -0.519. The molecule has 2 aromatic carbocycles. The maximum absolute atomic E-state index is 12.4. The van der Waals surface area contributed by atoms with Gasteiger partial charge in [0.1, 0.15) is 4.21 Å². The fourth-order valence-electron chi connectivity index (χ4n) is 2.56. The van der Waals surface area contributed by atoms with Gasteiger partial charge in [-0.2, -0.15) is 5.26 Å². The Kier molecular flexibility index (Phi) is 5.33. The number of thiophene rings is 1. The maximum atomic E-state index is 12.4. The van der Waals surface area contributed by atoms with Crippen LogP contribution in [0, 0.1) is 18.3 Å². The fourth-order valence-corrected chi connectivity index (χ4v) is 5.18. The van der Waals surface area contributed by atoms with Gasteiger partial charge in [0.2, 0.25) is 0 Å². The molecule has 7 heteroatoms. The zero-order valence-electron chi connectivity index (χ0n) is 13.8. The van der Waals surface area contributed by atoms with E-state index in [-0.39, 0.29) is 4.21 Å². The van der Waals surface area contributed by atoms with Gasteiger partial charge in [-0.05, 0) is 42.3 Å². The first-order chi connectivity index (χ1) is 12.4. The van der Waals surface area contributed by atoms with Crippen molar-refractivity contribution in [1.29, 1.82) is 5.26 Å². The van der Waals surface area contributed by atoms with Crippen molar-refractivity contribution in [2.45, 2.75) is 17.1 Å². The Morgan fingerprint density at radius 1 is 1.12 bits per heavy atom. The molecule has 0 saturated heterocycles. The van der Waals surface area contributed by atoms with Crippen molar-refractivity contribution in [2.24, 2.45) is 0 Å². The highest BCUT2D eigenvalue weighted by atomic mass is 35.5. The van der Waals surface area contributed by atoms with E-state index in [4.69, 9.17) is 11.6 Å². The molecular weight excluding hydrogens is 388 g/mol. The summed E-state index contributed by atoms with van der Waals surface area (Å²) in [6, 6.07) is 19.7. The van der Waals surface area contributed by atoms with Crippen molar-refractivity contribution < 1.29 is 8.42 Å². The largest absolute Gasteiger partial charge is 0.279 e. The van der Waals surface area contributed by atoms with Gasteiger partial charge >= 0.3 is 0 Å². The number of anilines is 1. The lowest BCUT2D eigenvalue weighted by atomic mass is 9.92. The number of nitrogens with one attached hydrogen (secondary N) is 1. The van der Waals surface area contributed by atoms with Crippen LogP contribution in [0.15, 0.2) is 64.9 Å². The van der Waals surface area contributed by atoms with Crippen LogP contribution in [0.3, 0.4) is 0 Å². The number of hydrogen-bond donors (Lipinski definition) is 1. The molecule has 1 atom stereocenters. The summed E-state index contributed by atoms with van der Waals surface area (Å²) in [6.07, 6.45) is 0. The van der Waals surface area contributed by atoms with Crippen molar-refractivity contribution in [3.8, 4) is 6.07 Å². The van der Waals surface area contributed by atoms with Gasteiger partial charge in [0, 0.05) is 9.90 Å². The third-order valence-corrected chi connectivity index (χ3v) is 7.01. The summed E-state index contributed by atoms with van der Waals surface area (Å²) < 4.78 is 27.6. The average molecular weight is 403 g/mol. The molecule has 1 aromatic heterocycles. The number of nitrogens with zero attached hydrogens (tertiary/aromatic N) is 1. The second-order valence-electron chi connectivity index (χ2n) is 5.68. The molecule has 0 bridgehead atoms. The first-order valence-electron chi connectivity index (χ1n) is 7.74. The fraction of sp³-hybridized carbons (Fsp3) is 0.105. The van der Waals surface area contributed by atoms with E-state index < -0.39 is 15.9 Å². The van der Waals surface area contributed by atoms with E-state index in [1.54, 1.807) is 24.3 Å². The molecule has 0 saturated carbocycles. The quantitative estimate of drug-likeness (QED) is 0.640. The van der Waals surface area contributed by atoms with Gasteiger partial charge in [-0.25, -0.2) is 8.42 Å². The molecule has 4 nitrogen and oxygen atoms in total. The first-order valence-corrected chi connectivity index (χ1v) is 10.4. The number of nitriles is 1. The standard InChI is InChI=1S/C19H15ClN2O2S2/c1-13-7-10-19(25-13)26(23,24)22-15-8-9-16(18(20)11-15)17(12-21)14-5-3-2-4-6-14/h2-11,17,22H,1H3. The van der Waals surface area contributed by atoms with Crippen LogP contribution in [0.5, 0.6) is 0 Å². The van der Waals surface area contributed by atoms with Crippen molar-refractivity contribution in [3.05, 3.63) is 81.7 Å². The van der Waals surface area contributed by atoms with Crippen LogP contribution < -0.4 is 4.72 Å². The van der Waals surface area contributed by atoms with Crippen LogP contribution in [0.1, 0.15) is 21.9 Å². The monoisotopic (exact) mass is 402 g/mol. The lowest BCUT2D eigenvalue weighted by molar-refractivity contribution is 0.603. The maximum Gasteiger partial charge on any atom is 0.271 e. The third-order valence-electron chi connectivity index (χ3n) is 3.81. The van der Waals surface area contributed by atoms with E-state index in [1.165, 1.54) is 17.4 Å². The molecule has 0 aliphatic carbocycles. The molecule has 1 unspecified atom stereocenters. The Morgan fingerprint density at radius 2 is 1.85 bits per heavy atom. The van der Waals surface area contributed by atoms with Crippen LogP contribution in [0.25, 0.3) is 0 Å². The molecule has 0 fully saturated rings. The number of hydrogen-bond acceptors (Lipinski definition) is 4. The number of aryl methyl sites for hydroxylation is 1. The van der Waals surface area contributed by atoms with Crippen LogP contribution in [0.4, 0.5) is 5.69 Å². The normalized spacial score (nSPS) is 12.3. The van der Waals surface area contributed by atoms with E-state index in [0.29, 0.717) is 16.3 Å². The topological polar surface area (TPSA) is 70.0 Å². The zero-order chi connectivity index (χ0) is 18.7. The molecule has 0 aliphatic rings. The molecule has 26 heavy (non-hydrogen) atoms. The Balaban J connectivity index is 1.89. The molecule has 0 aliphatic heterocycles. The molecule has 132 valence electrons. The van der Waals surface area contributed by atoms with Crippen molar-refractivity contribution in [3.63, 3.8) is 0 Å². The predicted octanol–water partition coefficient (Wildman–Crippen LogP) is 5.17. The van der Waals surface area contributed by atoms with Gasteiger partial charge in [-0.1, -0.05) is 48.0 Å². The molecular formula is C19H15ClN2O2S2. The molecule has 1 N–H and O–H groups in total. The van der Waals surface area contributed by atoms with Gasteiger partial charge in [0.15, 0.2) is 0 Å². The van der Waals surface area contributed by atoms with Gasteiger partial charge in [0.25, 0.3) is 10.0 Å². The highest BCUT2D eigenvalue weighted by molar-refractivity contribution is 7.94. The van der Waals surface area contributed by atoms with E-state index >= 15 is 0 Å². The Hall–Kier alpha value is -2.33. The SMILES string of the molecule is Cc1ccc(S(=O)(=O)Nc2ccc(C(C#N)c3ccccc3)c(Cl)c2)s1. The zero-order valence-corrected chi connectivity index (χ0v) is 16.2. The minimum atomic E-state index is -3.66. The second-order valence-corrected chi connectivity index (χ2v) is 9.28. The molecule has 1 heterocycles. The van der Waals surface area contributed by atoms with Crippen molar-refractivity contribution in [1.82, 2.24) is 0 Å². The van der Waals surface area contributed by atoms with Crippen LogP contribution in [-0.4, -0.2) is 8.42 Å². The van der Waals surface area contributed by atoms with Gasteiger partial charge in [-0.15, -0.1) is 11.3 Å². The summed E-state index contributed by atoms with van der Waals surface area (Å²) in [7, 11) is -3.66. The van der Waals surface area contributed by atoms with Crippen LogP contribution >= 0.6 is 22.9 Å². The number of benzene rings is 2. The Bertz CT molecular complexity index is 1070. The summed E-state index contributed by atoms with van der Waals surface area (Å²) >= 11 is 7.55. The number of rotatable bonds is 5. The lowest BCUT2D eigenvalue weighted by Gasteiger charge is -2.14. The van der Waals surface area contributed by atoms with E-state index in [9.17, 15) is 13.7 Å². The first kappa shape index (κ1) is 18.5. The van der Waals surface area contributed by atoms with Crippen LogP contribution in [-0.2, 0) is 10.0 Å². The molecule has 0 radical (unpaired) electrons. The number of sulfonamides is 1. The van der Waals surface area contributed by atoms with E-state index in [0.717, 1.165) is 10.4 Å². The summed E-state index contributed by atoms with van der Waals surface area (Å²) in [5, 5.41) is 9.88. The van der Waals surface area contributed by atoms with Gasteiger partial charge in [0.05, 0.1) is 17.7 Å². The second kappa shape index (κ2) is 7.50. The lowest BCUT2D eigenvalue weighted by Crippen LogP contribution is -2.11. The van der Waals surface area contributed by atoms with E-state index in [1.807, 2.05) is 37.3 Å². The molecule has 0 amide bonds. The Morgan fingerprint density at radius 3 is 2.42 bits per heavy atom. The van der Waals surface area contributed by atoms with Crippen molar-refractivity contribution >= 4 is 38.6 Å². The smallest absolute Gasteiger partial charge is 0.271 e. The molecule has 3 aromatic rings. The number of halogens is 1. The highest BCUT2D eigenvalue weighted by Gasteiger charge is 2.19. The third kappa shape index (κ3) is 3.91. The average Bonchev–Trinajstić information content (AvgIpc) is 3.05. The minimum Gasteiger partial charge on any atom is -0.279 e. The van der Waals surface area contributed by atoms with Gasteiger partial charge in [-0.3, -0.25) is 4.72 Å². The molecule has 3 rings (SSSR count). The summed E-state index contributed by atoms with van der Waals surface area (Å²) in [6.45, 7) is 1.85. The minimum absolute atomic E-state index is 0.245.